The van der Waals surface area contributed by atoms with E-state index >= 15 is 0 Å². The Morgan fingerprint density at radius 2 is 1.93 bits per heavy atom. The van der Waals surface area contributed by atoms with E-state index in [2.05, 4.69) is 20.2 Å². The van der Waals surface area contributed by atoms with Gasteiger partial charge in [-0.25, -0.2) is 19.2 Å². The van der Waals surface area contributed by atoms with Crippen LogP contribution in [0.4, 0.5) is 13.2 Å². The van der Waals surface area contributed by atoms with Gasteiger partial charge >= 0.3 is 6.18 Å². The molecule has 1 saturated carbocycles. The largest absolute Gasteiger partial charge is 0.433 e. The molecule has 1 amide bonds. The molecule has 3 aromatic rings. The molecule has 0 N–H and O–H groups in total. The standard InChI is InChI=1S/C17H16F3N7O/c1-9-21-15-8-25(4-5-26(15)23-9)16(28)12-7-14-22-11(10-2-3-10)6-13(17(18,19)20)27(14)24-12/h6-7,10H,2-5,8H2,1H3. The van der Waals surface area contributed by atoms with E-state index in [0.717, 1.165) is 23.4 Å². The van der Waals surface area contributed by atoms with Crippen LogP contribution in [0.5, 0.6) is 0 Å². The lowest BCUT2D eigenvalue weighted by molar-refractivity contribution is -0.142. The number of aryl methyl sites for hydroxylation is 1. The highest BCUT2D eigenvalue weighted by Gasteiger charge is 2.38. The zero-order valence-corrected chi connectivity index (χ0v) is 14.9. The second kappa shape index (κ2) is 5.76. The van der Waals surface area contributed by atoms with Crippen LogP contribution in [0.3, 0.4) is 0 Å². The second-order valence-electron chi connectivity index (χ2n) is 7.16. The molecule has 4 heterocycles. The first kappa shape index (κ1) is 17.1. The molecule has 0 radical (unpaired) electrons. The first-order chi connectivity index (χ1) is 13.3. The minimum absolute atomic E-state index is 0.0381. The van der Waals surface area contributed by atoms with E-state index in [0.29, 0.717) is 30.4 Å². The van der Waals surface area contributed by atoms with Gasteiger partial charge in [0.2, 0.25) is 0 Å². The molecule has 146 valence electrons. The van der Waals surface area contributed by atoms with Crippen molar-refractivity contribution in [1.82, 2.24) is 34.3 Å². The van der Waals surface area contributed by atoms with Crippen LogP contribution in [0.1, 0.15) is 52.3 Å². The Labute approximate surface area is 157 Å². The van der Waals surface area contributed by atoms with Crippen LogP contribution in [-0.2, 0) is 19.3 Å². The maximum absolute atomic E-state index is 13.5. The highest BCUT2D eigenvalue weighted by Crippen LogP contribution is 2.41. The summed E-state index contributed by atoms with van der Waals surface area (Å²) in [4.78, 5) is 23.0. The van der Waals surface area contributed by atoms with Crippen LogP contribution in [0.25, 0.3) is 5.65 Å². The third-order valence-electron chi connectivity index (χ3n) is 5.01. The molecule has 0 saturated heterocycles. The molecule has 5 rings (SSSR count). The SMILES string of the molecule is Cc1nc2n(n1)CCN(C(=O)c1cc3nc(C4CC4)cc(C(F)(F)F)n3n1)C2. The first-order valence-electron chi connectivity index (χ1n) is 8.97. The summed E-state index contributed by atoms with van der Waals surface area (Å²) in [5.41, 5.74) is -0.528. The average molecular weight is 391 g/mol. The van der Waals surface area contributed by atoms with Crippen molar-refractivity contribution in [3.63, 3.8) is 0 Å². The minimum Gasteiger partial charge on any atom is -0.328 e. The maximum atomic E-state index is 13.5. The van der Waals surface area contributed by atoms with Gasteiger partial charge in [0.15, 0.2) is 11.3 Å². The highest BCUT2D eigenvalue weighted by molar-refractivity contribution is 5.93. The molecule has 3 aromatic heterocycles. The van der Waals surface area contributed by atoms with Gasteiger partial charge in [-0.15, -0.1) is 0 Å². The summed E-state index contributed by atoms with van der Waals surface area (Å²) >= 11 is 0. The van der Waals surface area contributed by atoms with Gasteiger partial charge in [0.05, 0.1) is 13.1 Å². The minimum atomic E-state index is -4.59. The van der Waals surface area contributed by atoms with E-state index < -0.39 is 17.8 Å². The lowest BCUT2D eigenvalue weighted by Gasteiger charge is -2.25. The number of nitrogens with zero attached hydrogens (tertiary/aromatic N) is 7. The van der Waals surface area contributed by atoms with Crippen molar-refractivity contribution >= 4 is 11.6 Å². The fourth-order valence-electron chi connectivity index (χ4n) is 3.48. The van der Waals surface area contributed by atoms with Crippen molar-refractivity contribution < 1.29 is 18.0 Å². The molecule has 0 unspecified atom stereocenters. The number of rotatable bonds is 2. The fraction of sp³-hybridized carbons (Fsp3) is 0.471. The van der Waals surface area contributed by atoms with Crippen LogP contribution < -0.4 is 0 Å². The smallest absolute Gasteiger partial charge is 0.328 e. The summed E-state index contributed by atoms with van der Waals surface area (Å²) < 4.78 is 43.0. The van der Waals surface area contributed by atoms with Crippen LogP contribution in [-0.4, -0.2) is 46.7 Å². The molecule has 0 atom stereocenters. The molecule has 1 aliphatic carbocycles. The van der Waals surface area contributed by atoms with Crippen LogP contribution in [0.15, 0.2) is 12.1 Å². The van der Waals surface area contributed by atoms with Gasteiger partial charge in [-0.2, -0.15) is 23.4 Å². The Morgan fingerprint density at radius 1 is 1.14 bits per heavy atom. The van der Waals surface area contributed by atoms with Gasteiger partial charge < -0.3 is 4.90 Å². The van der Waals surface area contributed by atoms with Gasteiger partial charge in [0.25, 0.3) is 5.91 Å². The van der Waals surface area contributed by atoms with Gasteiger partial charge in [-0.3, -0.25) is 4.79 Å². The number of alkyl halides is 3. The predicted molar refractivity (Wildman–Crippen MR) is 89.5 cm³/mol. The number of hydrogen-bond acceptors (Lipinski definition) is 5. The van der Waals surface area contributed by atoms with E-state index in [1.165, 1.54) is 11.0 Å². The average Bonchev–Trinajstić information content (AvgIpc) is 3.28. The van der Waals surface area contributed by atoms with Gasteiger partial charge in [0, 0.05) is 24.2 Å². The lowest BCUT2D eigenvalue weighted by Crippen LogP contribution is -2.39. The Morgan fingerprint density at radius 3 is 2.64 bits per heavy atom. The van der Waals surface area contributed by atoms with E-state index in [-0.39, 0.29) is 23.8 Å². The van der Waals surface area contributed by atoms with Crippen molar-refractivity contribution in [3.8, 4) is 0 Å². The molecular formula is C17H16F3N7O. The van der Waals surface area contributed by atoms with Gasteiger partial charge in [-0.1, -0.05) is 0 Å². The highest BCUT2D eigenvalue weighted by atomic mass is 19.4. The zero-order valence-electron chi connectivity index (χ0n) is 14.9. The Bertz CT molecular complexity index is 1100. The van der Waals surface area contributed by atoms with Crippen LogP contribution >= 0.6 is 0 Å². The molecule has 0 aromatic carbocycles. The Balaban J connectivity index is 1.52. The molecule has 11 heteroatoms. The molecule has 1 aliphatic heterocycles. The number of halogens is 3. The summed E-state index contributed by atoms with van der Waals surface area (Å²) in [5.74, 6) is 0.866. The van der Waals surface area contributed by atoms with E-state index in [1.807, 2.05) is 0 Å². The summed E-state index contributed by atoms with van der Waals surface area (Å²) in [6.45, 7) is 2.87. The lowest BCUT2D eigenvalue weighted by atomic mass is 10.2. The topological polar surface area (TPSA) is 81.2 Å². The third-order valence-corrected chi connectivity index (χ3v) is 5.01. The Hall–Kier alpha value is -2.98. The molecular weight excluding hydrogens is 375 g/mol. The van der Waals surface area contributed by atoms with Crippen LogP contribution in [0.2, 0.25) is 0 Å². The predicted octanol–water partition coefficient (Wildman–Crippen LogP) is 2.18. The number of amides is 1. The van der Waals surface area contributed by atoms with E-state index in [1.54, 1.807) is 11.6 Å². The molecule has 28 heavy (non-hydrogen) atoms. The molecule has 0 spiro atoms. The van der Waals surface area contributed by atoms with E-state index in [9.17, 15) is 18.0 Å². The summed E-state index contributed by atoms with van der Waals surface area (Å²) in [6.07, 6.45) is -2.93. The molecule has 8 nitrogen and oxygen atoms in total. The monoisotopic (exact) mass is 391 g/mol. The number of fused-ring (bicyclic) bond motifs is 2. The number of carbonyl (C=O) groups excluding carboxylic acids is 1. The van der Waals surface area contributed by atoms with Crippen molar-refractivity contribution in [3.05, 3.63) is 40.9 Å². The number of aromatic nitrogens is 6. The van der Waals surface area contributed by atoms with Crippen molar-refractivity contribution in [1.29, 1.82) is 0 Å². The van der Waals surface area contributed by atoms with Crippen LogP contribution in [0, 0.1) is 6.92 Å². The summed E-state index contributed by atoms with van der Waals surface area (Å²) in [7, 11) is 0. The first-order valence-corrected chi connectivity index (χ1v) is 8.97. The maximum Gasteiger partial charge on any atom is 0.433 e. The summed E-state index contributed by atoms with van der Waals surface area (Å²) in [6, 6.07) is 2.37. The molecule has 2 aliphatic rings. The van der Waals surface area contributed by atoms with Gasteiger partial charge in [0.1, 0.15) is 17.3 Å². The van der Waals surface area contributed by atoms with Crippen molar-refractivity contribution in [2.75, 3.05) is 6.54 Å². The number of carbonyl (C=O) groups is 1. The zero-order chi connectivity index (χ0) is 19.6. The quantitative estimate of drug-likeness (QED) is 0.669. The third kappa shape index (κ3) is 2.81. The van der Waals surface area contributed by atoms with Crippen molar-refractivity contribution in [2.24, 2.45) is 0 Å². The Kier molecular flexibility index (Phi) is 3.52. The fourth-order valence-corrected chi connectivity index (χ4v) is 3.48. The van der Waals surface area contributed by atoms with Gasteiger partial charge in [-0.05, 0) is 25.8 Å². The molecule has 1 fully saturated rings. The van der Waals surface area contributed by atoms with E-state index in [4.69, 9.17) is 0 Å². The normalized spacial score (nSPS) is 17.2. The second-order valence-corrected chi connectivity index (χ2v) is 7.16. The summed E-state index contributed by atoms with van der Waals surface area (Å²) in [5, 5.41) is 8.17. The van der Waals surface area contributed by atoms with Crippen molar-refractivity contribution in [2.45, 2.75) is 44.9 Å². The number of hydrogen-bond donors (Lipinski definition) is 0. The molecule has 0 bridgehead atoms.